The Labute approximate surface area is 272 Å². The van der Waals surface area contributed by atoms with E-state index in [4.69, 9.17) is 4.74 Å². The lowest BCUT2D eigenvalue weighted by molar-refractivity contribution is -0.246. The monoisotopic (exact) mass is 623 g/mol. The van der Waals surface area contributed by atoms with Crippen LogP contribution in [0.4, 0.5) is 0 Å². The van der Waals surface area contributed by atoms with Gasteiger partial charge in [-0.05, 0) is 144 Å². The second kappa shape index (κ2) is 10.6. The first-order valence-corrected chi connectivity index (χ1v) is 18.2. The third-order valence-electron chi connectivity index (χ3n) is 15.8. The van der Waals surface area contributed by atoms with Crippen LogP contribution in [0.25, 0.3) is 0 Å². The van der Waals surface area contributed by atoms with Crippen LogP contribution in [0.1, 0.15) is 139 Å². The van der Waals surface area contributed by atoms with Crippen LogP contribution in [0.15, 0.2) is 12.2 Å². The lowest BCUT2D eigenvalue weighted by Gasteiger charge is -2.73. The number of allylic oxidation sites excluding steroid dienone is 1. The molecule has 10 atom stereocenters. The van der Waals surface area contributed by atoms with Crippen molar-refractivity contribution in [3.8, 4) is 0 Å². The highest BCUT2D eigenvalue weighted by molar-refractivity contribution is 5.82. The van der Waals surface area contributed by atoms with Crippen molar-refractivity contribution >= 4 is 17.8 Å². The van der Waals surface area contributed by atoms with Crippen molar-refractivity contribution in [1.29, 1.82) is 0 Å². The number of amides is 1. The van der Waals surface area contributed by atoms with Gasteiger partial charge in [0.1, 0.15) is 6.10 Å². The second-order valence-electron chi connectivity index (χ2n) is 18.8. The molecule has 0 aliphatic heterocycles. The SMILES string of the molecule is C=C(C)[C@@H]1CC[C@]2(NC(=O)C3CC3)CC[C@]3(C)[C@H](CCC4[C@@]5(C)CC[C@H](OC(=O)CC(C)(C)C(=O)O)C(C)(C)C5CC[C@]43C)C12. The highest BCUT2D eigenvalue weighted by Crippen LogP contribution is 2.76. The maximum absolute atomic E-state index is 13.3. The summed E-state index contributed by atoms with van der Waals surface area (Å²) < 4.78 is 6.15. The minimum absolute atomic E-state index is 0.0725. The van der Waals surface area contributed by atoms with E-state index in [0.717, 1.165) is 51.4 Å². The van der Waals surface area contributed by atoms with Crippen molar-refractivity contribution in [2.45, 2.75) is 151 Å². The van der Waals surface area contributed by atoms with E-state index in [9.17, 15) is 19.5 Å². The molecule has 45 heavy (non-hydrogen) atoms. The van der Waals surface area contributed by atoms with Gasteiger partial charge < -0.3 is 15.2 Å². The fourth-order valence-corrected chi connectivity index (χ4v) is 12.9. The van der Waals surface area contributed by atoms with E-state index in [1.165, 1.54) is 31.3 Å². The molecule has 0 aromatic rings. The van der Waals surface area contributed by atoms with Gasteiger partial charge in [0, 0.05) is 16.9 Å². The lowest BCUT2D eigenvalue weighted by atomic mass is 9.32. The van der Waals surface area contributed by atoms with Gasteiger partial charge in [0.15, 0.2) is 0 Å². The number of aliphatic carboxylic acids is 1. The fraction of sp³-hybridized carbons (Fsp3) is 0.872. The van der Waals surface area contributed by atoms with Gasteiger partial charge in [-0.3, -0.25) is 14.4 Å². The summed E-state index contributed by atoms with van der Waals surface area (Å²) in [6, 6.07) is 0. The van der Waals surface area contributed by atoms with E-state index in [0.29, 0.717) is 35.5 Å². The molecule has 2 N–H and O–H groups in total. The van der Waals surface area contributed by atoms with Gasteiger partial charge >= 0.3 is 11.9 Å². The number of carbonyl (C=O) groups is 3. The molecule has 0 aromatic heterocycles. The van der Waals surface area contributed by atoms with Crippen LogP contribution in [-0.4, -0.2) is 34.6 Å². The second-order valence-corrected chi connectivity index (χ2v) is 18.8. The largest absolute Gasteiger partial charge is 0.481 e. The Morgan fingerprint density at radius 3 is 2.16 bits per heavy atom. The summed E-state index contributed by atoms with van der Waals surface area (Å²) in [5.74, 6) is 1.77. The molecular formula is C39H61NO5. The summed E-state index contributed by atoms with van der Waals surface area (Å²) in [4.78, 5) is 38.0. The highest BCUT2D eigenvalue weighted by atomic mass is 16.5. The molecule has 6 aliphatic carbocycles. The maximum Gasteiger partial charge on any atom is 0.309 e. The molecule has 6 heteroatoms. The van der Waals surface area contributed by atoms with E-state index in [-0.39, 0.29) is 51.6 Å². The summed E-state index contributed by atoms with van der Waals surface area (Å²) >= 11 is 0. The first-order valence-electron chi connectivity index (χ1n) is 18.2. The van der Waals surface area contributed by atoms with E-state index in [1.54, 1.807) is 13.8 Å². The Bertz CT molecular complexity index is 1270. The number of carboxylic acid groups (broad SMARTS) is 1. The van der Waals surface area contributed by atoms with Crippen molar-refractivity contribution < 1.29 is 24.2 Å². The Balaban J connectivity index is 1.26. The van der Waals surface area contributed by atoms with Gasteiger partial charge in [0.25, 0.3) is 0 Å². The average Bonchev–Trinajstić information content (AvgIpc) is 3.72. The van der Waals surface area contributed by atoms with Gasteiger partial charge in [-0.2, -0.15) is 0 Å². The summed E-state index contributed by atoms with van der Waals surface area (Å²) in [5, 5.41) is 13.3. The number of nitrogens with one attached hydrogen (secondary N) is 1. The summed E-state index contributed by atoms with van der Waals surface area (Å²) in [5.41, 5.74) is 0.489. The van der Waals surface area contributed by atoms with Crippen LogP contribution in [-0.2, 0) is 19.1 Å². The molecule has 6 saturated carbocycles. The molecule has 0 radical (unpaired) electrons. The fourth-order valence-electron chi connectivity index (χ4n) is 12.9. The van der Waals surface area contributed by atoms with Gasteiger partial charge in [0.2, 0.25) is 5.91 Å². The molecule has 1 amide bonds. The third-order valence-corrected chi connectivity index (χ3v) is 15.8. The van der Waals surface area contributed by atoms with E-state index in [1.807, 2.05) is 0 Å². The molecular weight excluding hydrogens is 562 g/mol. The minimum atomic E-state index is -1.13. The predicted octanol–water partition coefficient (Wildman–Crippen LogP) is 8.34. The van der Waals surface area contributed by atoms with Crippen molar-refractivity contribution in [3.05, 3.63) is 12.2 Å². The van der Waals surface area contributed by atoms with Crippen molar-refractivity contribution in [1.82, 2.24) is 5.32 Å². The number of rotatable bonds is 7. The molecule has 0 saturated heterocycles. The Hall–Kier alpha value is -1.85. The minimum Gasteiger partial charge on any atom is -0.481 e. The van der Waals surface area contributed by atoms with Crippen molar-refractivity contribution in [2.24, 2.45) is 62.6 Å². The van der Waals surface area contributed by atoms with Crippen LogP contribution >= 0.6 is 0 Å². The zero-order chi connectivity index (χ0) is 33.0. The quantitative estimate of drug-likeness (QED) is 0.220. The summed E-state index contributed by atoms with van der Waals surface area (Å²) in [6.07, 6.45) is 13.0. The number of esters is 1. The first-order chi connectivity index (χ1) is 20.8. The smallest absolute Gasteiger partial charge is 0.309 e. The molecule has 6 aliphatic rings. The predicted molar refractivity (Wildman–Crippen MR) is 176 cm³/mol. The maximum atomic E-state index is 13.3. The molecule has 6 fully saturated rings. The zero-order valence-corrected chi connectivity index (χ0v) is 29.5. The van der Waals surface area contributed by atoms with Gasteiger partial charge in [-0.25, -0.2) is 0 Å². The molecule has 0 aromatic carbocycles. The standard InChI is InChI=1S/C39H61NO5/c1-23(2)25-14-19-39(40-32(42)24-10-11-24)21-20-37(8)26(31(25)39)12-13-28-36(7)17-16-29(45-30(41)22-34(3,4)33(43)44)35(5,6)27(36)15-18-38(28,37)9/h24-29,31H,1,10-22H2,2-9H3,(H,40,42)(H,43,44)/t25-,26+,27?,28?,29-,31?,36-,37+,38+,39-/m0/s1. The normalized spacial score (nSPS) is 45.2. The molecule has 0 spiro atoms. The Morgan fingerprint density at radius 2 is 1.53 bits per heavy atom. The molecule has 252 valence electrons. The van der Waals surface area contributed by atoms with E-state index < -0.39 is 11.4 Å². The average molecular weight is 624 g/mol. The zero-order valence-electron chi connectivity index (χ0n) is 29.5. The van der Waals surface area contributed by atoms with E-state index in [2.05, 4.69) is 53.4 Å². The molecule has 0 bridgehead atoms. The van der Waals surface area contributed by atoms with Crippen LogP contribution in [0.2, 0.25) is 0 Å². The van der Waals surface area contributed by atoms with Crippen LogP contribution in [0, 0.1) is 62.6 Å². The van der Waals surface area contributed by atoms with Gasteiger partial charge in [0.05, 0.1) is 11.8 Å². The Morgan fingerprint density at radius 1 is 0.844 bits per heavy atom. The highest BCUT2D eigenvalue weighted by Gasteiger charge is 2.71. The van der Waals surface area contributed by atoms with Gasteiger partial charge in [-0.15, -0.1) is 0 Å². The molecule has 6 rings (SSSR count). The number of carboxylic acids is 1. The Kier molecular flexibility index (Phi) is 7.77. The lowest BCUT2D eigenvalue weighted by Crippen LogP contribution is -2.69. The third kappa shape index (κ3) is 4.87. The molecule has 0 heterocycles. The van der Waals surface area contributed by atoms with Crippen LogP contribution in [0.5, 0.6) is 0 Å². The number of hydrogen-bond acceptors (Lipinski definition) is 4. The van der Waals surface area contributed by atoms with Crippen molar-refractivity contribution in [3.63, 3.8) is 0 Å². The molecule has 3 unspecified atom stereocenters. The van der Waals surface area contributed by atoms with E-state index >= 15 is 0 Å². The van der Waals surface area contributed by atoms with Crippen LogP contribution in [0.3, 0.4) is 0 Å². The summed E-state index contributed by atoms with van der Waals surface area (Å²) in [6.45, 7) is 22.4. The number of ether oxygens (including phenoxy) is 1. The number of fused-ring (bicyclic) bond motifs is 7. The summed E-state index contributed by atoms with van der Waals surface area (Å²) in [7, 11) is 0. The van der Waals surface area contributed by atoms with Crippen molar-refractivity contribution in [2.75, 3.05) is 0 Å². The number of hydrogen-bond donors (Lipinski definition) is 2. The first kappa shape index (κ1) is 33.1. The number of carbonyl (C=O) groups excluding carboxylic acids is 2. The van der Waals surface area contributed by atoms with Crippen LogP contribution < -0.4 is 5.32 Å². The molecule has 6 nitrogen and oxygen atoms in total. The topological polar surface area (TPSA) is 92.7 Å². The van der Waals surface area contributed by atoms with Gasteiger partial charge in [-0.1, -0.05) is 46.8 Å².